The van der Waals surface area contributed by atoms with E-state index in [0.717, 1.165) is 10.0 Å². The Hall–Kier alpha value is -1.68. The highest BCUT2D eigenvalue weighted by molar-refractivity contribution is 9.10. The van der Waals surface area contributed by atoms with Crippen molar-refractivity contribution in [3.63, 3.8) is 0 Å². The summed E-state index contributed by atoms with van der Waals surface area (Å²) in [6.07, 6.45) is 0.244. The van der Waals surface area contributed by atoms with Crippen molar-refractivity contribution in [3.8, 4) is 5.75 Å². The maximum atomic E-state index is 12.7. The number of carbonyl (C=O) groups is 1. The molecule has 0 aliphatic heterocycles. The highest BCUT2D eigenvalue weighted by Crippen LogP contribution is 2.17. The van der Waals surface area contributed by atoms with Gasteiger partial charge < -0.3 is 4.74 Å². The van der Waals surface area contributed by atoms with Crippen LogP contribution < -0.4 is 4.74 Å². The molecule has 2 aromatic rings. The normalized spacial score (nSPS) is 10.2. The molecule has 0 amide bonds. The molecule has 2 aromatic carbocycles. The summed E-state index contributed by atoms with van der Waals surface area (Å²) in [5.41, 5.74) is 0.782. The molecule has 19 heavy (non-hydrogen) atoms. The second kappa shape index (κ2) is 6.48. The van der Waals surface area contributed by atoms with Gasteiger partial charge in [-0.3, -0.25) is 4.79 Å². The van der Waals surface area contributed by atoms with Gasteiger partial charge in [0.1, 0.15) is 18.2 Å². The van der Waals surface area contributed by atoms with Crippen LogP contribution in [0.4, 0.5) is 4.39 Å². The largest absolute Gasteiger partial charge is 0.486 e. The van der Waals surface area contributed by atoms with Crippen LogP contribution in [0.25, 0.3) is 0 Å². The van der Waals surface area contributed by atoms with Gasteiger partial charge in [0.15, 0.2) is 5.78 Å². The maximum Gasteiger partial charge on any atom is 0.174 e. The second-order valence-corrected chi connectivity index (χ2v) is 5.00. The van der Waals surface area contributed by atoms with Crippen LogP contribution in [0, 0.1) is 5.82 Å². The maximum absolute atomic E-state index is 12.7. The molecule has 0 radical (unpaired) electrons. The molecule has 0 fully saturated rings. The number of ether oxygens (including phenoxy) is 1. The van der Waals surface area contributed by atoms with E-state index in [4.69, 9.17) is 4.74 Å². The van der Waals surface area contributed by atoms with Crippen LogP contribution in [-0.2, 0) is 11.2 Å². The average molecular weight is 323 g/mol. The molecule has 0 unspecified atom stereocenters. The van der Waals surface area contributed by atoms with Crippen LogP contribution in [-0.4, -0.2) is 12.4 Å². The van der Waals surface area contributed by atoms with Crippen LogP contribution in [0.15, 0.2) is 53.0 Å². The van der Waals surface area contributed by atoms with Gasteiger partial charge in [0, 0.05) is 10.9 Å². The van der Waals surface area contributed by atoms with Gasteiger partial charge in [-0.05, 0) is 35.9 Å². The fraction of sp³-hybridized carbons (Fsp3) is 0.133. The molecule has 0 bridgehead atoms. The fourth-order valence-electron chi connectivity index (χ4n) is 1.60. The zero-order chi connectivity index (χ0) is 13.7. The van der Waals surface area contributed by atoms with Crippen molar-refractivity contribution in [2.45, 2.75) is 6.42 Å². The zero-order valence-corrected chi connectivity index (χ0v) is 11.7. The van der Waals surface area contributed by atoms with Crippen LogP contribution in [0.3, 0.4) is 0 Å². The summed E-state index contributed by atoms with van der Waals surface area (Å²) in [6, 6.07) is 13.2. The topological polar surface area (TPSA) is 26.3 Å². The molecule has 0 N–H and O–H groups in total. The standard InChI is InChI=1S/C15H12BrFO2/c16-12-2-1-3-15(9-12)19-10-14(18)8-11-4-6-13(17)7-5-11/h1-7,9H,8,10H2. The Labute approximate surface area is 119 Å². The molecule has 0 aliphatic carbocycles. The monoisotopic (exact) mass is 322 g/mol. The first-order valence-corrected chi connectivity index (χ1v) is 6.57. The number of rotatable bonds is 5. The smallest absolute Gasteiger partial charge is 0.174 e. The summed E-state index contributed by atoms with van der Waals surface area (Å²) in [5.74, 6) is 0.287. The van der Waals surface area contributed by atoms with E-state index in [1.807, 2.05) is 12.1 Å². The number of halogens is 2. The minimum Gasteiger partial charge on any atom is -0.486 e. The second-order valence-electron chi connectivity index (χ2n) is 4.09. The van der Waals surface area contributed by atoms with Gasteiger partial charge in [-0.15, -0.1) is 0 Å². The highest BCUT2D eigenvalue weighted by atomic mass is 79.9. The van der Waals surface area contributed by atoms with Crippen molar-refractivity contribution < 1.29 is 13.9 Å². The molecule has 0 aromatic heterocycles. The highest BCUT2D eigenvalue weighted by Gasteiger charge is 2.05. The Morgan fingerprint density at radius 3 is 2.58 bits per heavy atom. The van der Waals surface area contributed by atoms with E-state index in [1.54, 1.807) is 24.3 Å². The van der Waals surface area contributed by atoms with Gasteiger partial charge in [-0.2, -0.15) is 0 Å². The van der Waals surface area contributed by atoms with Crippen molar-refractivity contribution in [1.82, 2.24) is 0 Å². The predicted octanol–water partition coefficient (Wildman–Crippen LogP) is 3.78. The average Bonchev–Trinajstić information content (AvgIpc) is 2.39. The zero-order valence-electron chi connectivity index (χ0n) is 10.1. The van der Waals surface area contributed by atoms with Crippen LogP contribution >= 0.6 is 15.9 Å². The van der Waals surface area contributed by atoms with Crippen LogP contribution in [0.1, 0.15) is 5.56 Å². The third kappa shape index (κ3) is 4.48. The minimum atomic E-state index is -0.304. The number of hydrogen-bond acceptors (Lipinski definition) is 2. The van der Waals surface area contributed by atoms with Crippen molar-refractivity contribution in [1.29, 1.82) is 0 Å². The van der Waals surface area contributed by atoms with Crippen molar-refractivity contribution in [2.24, 2.45) is 0 Å². The Balaban J connectivity index is 1.86. The molecule has 2 rings (SSSR count). The molecule has 0 aliphatic rings. The number of benzene rings is 2. The molecule has 4 heteroatoms. The summed E-state index contributed by atoms with van der Waals surface area (Å²) < 4.78 is 19.0. The predicted molar refractivity (Wildman–Crippen MR) is 74.7 cm³/mol. The lowest BCUT2D eigenvalue weighted by atomic mass is 10.1. The number of ketones is 1. The molecular weight excluding hydrogens is 311 g/mol. The quantitative estimate of drug-likeness (QED) is 0.837. The number of hydrogen-bond donors (Lipinski definition) is 0. The Bertz CT molecular complexity index is 567. The SMILES string of the molecule is O=C(COc1cccc(Br)c1)Cc1ccc(F)cc1. The first kappa shape index (κ1) is 13.7. The summed E-state index contributed by atoms with van der Waals surface area (Å²) in [5, 5.41) is 0. The fourth-order valence-corrected chi connectivity index (χ4v) is 1.98. The first-order chi connectivity index (χ1) is 9.13. The van der Waals surface area contributed by atoms with Gasteiger partial charge in [0.05, 0.1) is 0 Å². The first-order valence-electron chi connectivity index (χ1n) is 5.78. The van der Waals surface area contributed by atoms with Gasteiger partial charge in [0.2, 0.25) is 0 Å². The van der Waals surface area contributed by atoms with Crippen molar-refractivity contribution in [2.75, 3.05) is 6.61 Å². The van der Waals surface area contributed by atoms with E-state index in [1.165, 1.54) is 12.1 Å². The van der Waals surface area contributed by atoms with E-state index in [9.17, 15) is 9.18 Å². The van der Waals surface area contributed by atoms with E-state index < -0.39 is 0 Å². The molecule has 0 spiro atoms. The molecule has 2 nitrogen and oxygen atoms in total. The third-order valence-electron chi connectivity index (χ3n) is 2.51. The molecule has 0 saturated carbocycles. The van der Waals surface area contributed by atoms with Gasteiger partial charge >= 0.3 is 0 Å². The summed E-state index contributed by atoms with van der Waals surface area (Å²) >= 11 is 3.33. The lowest BCUT2D eigenvalue weighted by Gasteiger charge is -2.06. The summed E-state index contributed by atoms with van der Waals surface area (Å²) in [7, 11) is 0. The molecule has 0 saturated heterocycles. The lowest BCUT2D eigenvalue weighted by molar-refractivity contribution is -0.120. The third-order valence-corrected chi connectivity index (χ3v) is 3.00. The van der Waals surface area contributed by atoms with Gasteiger partial charge in [-0.25, -0.2) is 4.39 Å². The summed E-state index contributed by atoms with van der Waals surface area (Å²) in [6.45, 7) is 0.00777. The molecule has 0 atom stereocenters. The van der Waals surface area contributed by atoms with Gasteiger partial charge in [0.25, 0.3) is 0 Å². The van der Waals surface area contributed by atoms with E-state index >= 15 is 0 Å². The number of Topliss-reactive ketones (excluding diaryl/α,β-unsaturated/α-hetero) is 1. The van der Waals surface area contributed by atoms with Crippen LogP contribution in [0.2, 0.25) is 0 Å². The Kier molecular flexibility index (Phi) is 4.68. The van der Waals surface area contributed by atoms with Gasteiger partial charge in [-0.1, -0.05) is 34.1 Å². The van der Waals surface area contributed by atoms with E-state index in [0.29, 0.717) is 5.75 Å². The van der Waals surface area contributed by atoms with Crippen molar-refractivity contribution in [3.05, 3.63) is 64.4 Å². The minimum absolute atomic E-state index is 0.00777. The lowest BCUT2D eigenvalue weighted by Crippen LogP contribution is -2.13. The summed E-state index contributed by atoms with van der Waals surface area (Å²) in [4.78, 5) is 11.7. The molecule has 98 valence electrons. The van der Waals surface area contributed by atoms with E-state index in [2.05, 4.69) is 15.9 Å². The Morgan fingerprint density at radius 1 is 1.16 bits per heavy atom. The van der Waals surface area contributed by atoms with Crippen molar-refractivity contribution >= 4 is 21.7 Å². The molecular formula is C15H12BrFO2. The molecule has 0 heterocycles. The Morgan fingerprint density at radius 2 is 1.89 bits per heavy atom. The number of carbonyl (C=O) groups excluding carboxylic acids is 1. The van der Waals surface area contributed by atoms with E-state index in [-0.39, 0.29) is 24.6 Å². The van der Waals surface area contributed by atoms with Crippen LogP contribution in [0.5, 0.6) is 5.75 Å².